The number of nitrogens with zero attached hydrogens (tertiary/aromatic N) is 1. The first-order valence-electron chi connectivity index (χ1n) is 11.3. The fraction of sp³-hybridized carbons (Fsp3) is 0.440. The van der Waals surface area contributed by atoms with Crippen molar-refractivity contribution in [2.45, 2.75) is 46.3 Å². The third kappa shape index (κ3) is 3.93. The minimum Gasteiger partial charge on any atom is -0.872 e. The number of amides is 1. The van der Waals surface area contributed by atoms with Crippen LogP contribution in [0.15, 0.2) is 40.3 Å². The predicted molar refractivity (Wildman–Crippen MR) is 117 cm³/mol. The first-order valence-corrected chi connectivity index (χ1v) is 11.3. The second-order valence-corrected chi connectivity index (χ2v) is 8.58. The molecule has 2 aliphatic rings. The molecule has 2 unspecified atom stereocenters. The van der Waals surface area contributed by atoms with E-state index < -0.39 is 23.5 Å². The maximum atomic E-state index is 13.5. The van der Waals surface area contributed by atoms with E-state index >= 15 is 0 Å². The fourth-order valence-corrected chi connectivity index (χ4v) is 4.60. The number of Topliss-reactive ketones (excluding diaryl/α,β-unsaturated/α-hetero) is 1. The maximum Gasteiger partial charge on any atom is 0.295 e. The molecule has 2 aromatic rings. The zero-order chi connectivity index (χ0) is 23.0. The zero-order valence-corrected chi connectivity index (χ0v) is 19.1. The van der Waals surface area contributed by atoms with Crippen LogP contribution < -0.4 is 14.7 Å². The van der Waals surface area contributed by atoms with Gasteiger partial charge < -0.3 is 24.1 Å². The van der Waals surface area contributed by atoms with Crippen molar-refractivity contribution in [2.24, 2.45) is 0 Å². The molecular weight excluding hydrogens is 408 g/mol. The SMILES string of the molecule is CC[NH+](CC)CCN1C(=O)C(=O)C(=C([O-])c2ccc3c(c2)CC(C)O3)C1c1ccc(C)o1. The van der Waals surface area contributed by atoms with E-state index in [0.29, 0.717) is 36.6 Å². The van der Waals surface area contributed by atoms with E-state index in [1.165, 1.54) is 9.80 Å². The summed E-state index contributed by atoms with van der Waals surface area (Å²) in [5.41, 5.74) is 1.29. The number of hydrogen-bond acceptors (Lipinski definition) is 5. The molecule has 0 aliphatic carbocycles. The summed E-state index contributed by atoms with van der Waals surface area (Å²) in [6.07, 6.45) is 0.757. The lowest BCUT2D eigenvalue weighted by molar-refractivity contribution is -0.895. The van der Waals surface area contributed by atoms with Crippen LogP contribution in [0, 0.1) is 6.92 Å². The van der Waals surface area contributed by atoms with Crippen LogP contribution in [0.3, 0.4) is 0 Å². The van der Waals surface area contributed by atoms with Crippen LogP contribution in [-0.4, -0.2) is 48.9 Å². The standard InChI is InChI=1S/C25H30N2O5/c1-5-26(6-2)11-12-27-22(20-9-7-15(3)31-20)21(24(29)25(27)30)23(28)17-8-10-19-18(14-17)13-16(4)32-19/h7-10,14,16,22,28H,5-6,11-13H2,1-4H3. The number of benzene rings is 1. The largest absolute Gasteiger partial charge is 0.872 e. The molecule has 2 aliphatic heterocycles. The number of ether oxygens (including phenoxy) is 1. The Bertz CT molecular complexity index is 1070. The van der Waals surface area contributed by atoms with E-state index in [9.17, 15) is 14.7 Å². The van der Waals surface area contributed by atoms with Crippen molar-refractivity contribution in [2.75, 3.05) is 26.2 Å². The summed E-state index contributed by atoms with van der Waals surface area (Å²) >= 11 is 0. The van der Waals surface area contributed by atoms with Crippen molar-refractivity contribution in [3.63, 3.8) is 0 Å². The fourth-order valence-electron chi connectivity index (χ4n) is 4.60. The molecule has 1 amide bonds. The molecule has 170 valence electrons. The number of rotatable bonds is 7. The molecule has 0 bridgehead atoms. The number of carbonyl (C=O) groups excluding carboxylic acids is 2. The number of quaternary nitrogens is 1. The molecule has 2 atom stereocenters. The number of likely N-dealkylation sites (N-methyl/N-ethyl adjacent to an activating group) is 1. The number of fused-ring (bicyclic) bond motifs is 1. The van der Waals surface area contributed by atoms with Crippen LogP contribution in [0.2, 0.25) is 0 Å². The number of nitrogens with one attached hydrogen (secondary N) is 1. The van der Waals surface area contributed by atoms with E-state index in [2.05, 4.69) is 13.8 Å². The molecule has 0 spiro atoms. The van der Waals surface area contributed by atoms with E-state index in [1.807, 2.05) is 6.92 Å². The van der Waals surface area contributed by atoms with Gasteiger partial charge >= 0.3 is 0 Å². The highest BCUT2D eigenvalue weighted by Gasteiger charge is 2.46. The zero-order valence-electron chi connectivity index (χ0n) is 19.1. The second-order valence-electron chi connectivity index (χ2n) is 8.58. The first kappa shape index (κ1) is 22.1. The third-order valence-electron chi connectivity index (χ3n) is 6.42. The number of carbonyl (C=O) groups is 2. The number of likely N-dealkylation sites (tertiary alicyclic amines) is 1. The van der Waals surface area contributed by atoms with Crippen LogP contribution in [-0.2, 0) is 16.0 Å². The predicted octanol–water partition coefficient (Wildman–Crippen LogP) is 1.06. The minimum atomic E-state index is -0.811. The van der Waals surface area contributed by atoms with Crippen LogP contribution in [0.25, 0.3) is 5.76 Å². The van der Waals surface area contributed by atoms with Gasteiger partial charge in [0.15, 0.2) is 0 Å². The summed E-state index contributed by atoms with van der Waals surface area (Å²) in [6.45, 7) is 10.8. The summed E-state index contributed by atoms with van der Waals surface area (Å²) in [5, 5.41) is 13.5. The lowest BCUT2D eigenvalue weighted by Gasteiger charge is -2.27. The van der Waals surface area contributed by atoms with Crippen LogP contribution in [0.1, 0.15) is 49.5 Å². The van der Waals surface area contributed by atoms with Crippen molar-refractivity contribution in [3.8, 4) is 5.75 Å². The average Bonchev–Trinajstić information content (AvgIpc) is 3.44. The minimum absolute atomic E-state index is 0.0363. The smallest absolute Gasteiger partial charge is 0.295 e. The average molecular weight is 439 g/mol. The third-order valence-corrected chi connectivity index (χ3v) is 6.42. The Morgan fingerprint density at radius 2 is 1.94 bits per heavy atom. The van der Waals surface area contributed by atoms with Gasteiger partial charge in [0, 0.05) is 12.0 Å². The number of furan rings is 1. The summed E-state index contributed by atoms with van der Waals surface area (Å²) < 4.78 is 11.5. The molecule has 7 heteroatoms. The van der Waals surface area contributed by atoms with Crippen molar-refractivity contribution >= 4 is 17.4 Å². The van der Waals surface area contributed by atoms with E-state index in [-0.39, 0.29) is 11.7 Å². The van der Waals surface area contributed by atoms with Gasteiger partial charge in [-0.2, -0.15) is 0 Å². The monoisotopic (exact) mass is 438 g/mol. The molecule has 7 nitrogen and oxygen atoms in total. The van der Waals surface area contributed by atoms with Crippen molar-refractivity contribution in [3.05, 3.63) is 58.6 Å². The van der Waals surface area contributed by atoms with Crippen LogP contribution >= 0.6 is 0 Å². The van der Waals surface area contributed by atoms with Gasteiger partial charge in [-0.25, -0.2) is 0 Å². The Hall–Kier alpha value is -3.06. The Morgan fingerprint density at radius 3 is 2.59 bits per heavy atom. The van der Waals surface area contributed by atoms with Crippen molar-refractivity contribution < 1.29 is 28.7 Å². The summed E-state index contributed by atoms with van der Waals surface area (Å²) in [4.78, 5) is 28.9. The highest BCUT2D eigenvalue weighted by Crippen LogP contribution is 2.40. The molecule has 0 saturated carbocycles. The Kier molecular flexibility index (Phi) is 6.11. The number of ketones is 1. The summed E-state index contributed by atoms with van der Waals surface area (Å²) in [6, 6.07) is 7.92. The molecule has 1 fully saturated rings. The van der Waals surface area contributed by atoms with Crippen LogP contribution in [0.4, 0.5) is 0 Å². The van der Waals surface area contributed by atoms with Gasteiger partial charge in [-0.1, -0.05) is 11.8 Å². The van der Waals surface area contributed by atoms with Gasteiger partial charge in [0.25, 0.3) is 5.91 Å². The Morgan fingerprint density at radius 1 is 1.19 bits per heavy atom. The Balaban J connectivity index is 1.76. The number of aryl methyl sites for hydroxylation is 1. The van der Waals surface area contributed by atoms with Gasteiger partial charge in [0.1, 0.15) is 29.4 Å². The molecule has 0 radical (unpaired) electrons. The van der Waals surface area contributed by atoms with Gasteiger partial charge in [-0.15, -0.1) is 0 Å². The second kappa shape index (κ2) is 8.82. The molecule has 1 N–H and O–H groups in total. The molecule has 4 rings (SSSR count). The lowest BCUT2D eigenvalue weighted by Crippen LogP contribution is -3.12. The highest BCUT2D eigenvalue weighted by molar-refractivity contribution is 6.46. The molecule has 32 heavy (non-hydrogen) atoms. The van der Waals surface area contributed by atoms with Crippen molar-refractivity contribution in [1.29, 1.82) is 0 Å². The molecule has 3 heterocycles. The Labute approximate surface area is 188 Å². The lowest BCUT2D eigenvalue weighted by atomic mass is 9.97. The normalized spacial score (nSPS) is 22.0. The maximum absolute atomic E-state index is 13.5. The van der Waals surface area contributed by atoms with E-state index in [4.69, 9.17) is 9.15 Å². The van der Waals surface area contributed by atoms with E-state index in [1.54, 1.807) is 37.3 Å². The van der Waals surface area contributed by atoms with Crippen LogP contribution in [0.5, 0.6) is 5.75 Å². The van der Waals surface area contributed by atoms with Gasteiger partial charge in [0.05, 0.1) is 26.2 Å². The number of hydrogen-bond donors (Lipinski definition) is 1. The molecular formula is C25H30N2O5. The molecule has 1 aromatic carbocycles. The van der Waals surface area contributed by atoms with E-state index in [0.717, 1.165) is 24.4 Å². The highest BCUT2D eigenvalue weighted by atomic mass is 16.5. The first-order chi connectivity index (χ1) is 15.3. The quantitative estimate of drug-likeness (QED) is 0.397. The van der Waals surface area contributed by atoms with Gasteiger partial charge in [0.2, 0.25) is 5.78 Å². The summed E-state index contributed by atoms with van der Waals surface area (Å²) in [5.74, 6) is 0.0532. The topological polar surface area (TPSA) is 87.2 Å². The summed E-state index contributed by atoms with van der Waals surface area (Å²) in [7, 11) is 0. The van der Waals surface area contributed by atoms with Gasteiger partial charge in [-0.05, 0) is 63.1 Å². The van der Waals surface area contributed by atoms with Crippen molar-refractivity contribution in [1.82, 2.24) is 4.90 Å². The van der Waals surface area contributed by atoms with Gasteiger partial charge in [-0.3, -0.25) is 9.59 Å². The molecule has 1 saturated heterocycles. The molecule has 1 aromatic heterocycles.